The van der Waals surface area contributed by atoms with Crippen LogP contribution in [0.5, 0.6) is 5.75 Å². The van der Waals surface area contributed by atoms with Crippen LogP contribution in [-0.2, 0) is 9.53 Å². The number of carbonyl (C=O) groups is 2. The van der Waals surface area contributed by atoms with E-state index in [0.29, 0.717) is 16.4 Å². The van der Waals surface area contributed by atoms with Crippen LogP contribution in [-0.4, -0.2) is 47.9 Å². The number of amides is 1. The molecule has 2 aromatic carbocycles. The Labute approximate surface area is 172 Å². The van der Waals surface area contributed by atoms with Crippen LogP contribution in [0.4, 0.5) is 5.69 Å². The molecule has 0 spiro atoms. The van der Waals surface area contributed by atoms with E-state index in [1.54, 1.807) is 35.9 Å². The second-order valence-corrected chi connectivity index (χ2v) is 7.85. The highest BCUT2D eigenvalue weighted by molar-refractivity contribution is 7.99. The Morgan fingerprint density at radius 1 is 1.11 bits per heavy atom. The Kier molecular flexibility index (Phi) is 4.99. The van der Waals surface area contributed by atoms with Crippen LogP contribution in [0, 0.1) is 0 Å². The molecule has 0 aromatic heterocycles. The fraction of sp³-hybridized carbons (Fsp3) is 0.250. The summed E-state index contributed by atoms with van der Waals surface area (Å²) in [5, 5.41) is 0.420. The summed E-state index contributed by atoms with van der Waals surface area (Å²) in [6.45, 7) is 0. The van der Waals surface area contributed by atoms with Crippen molar-refractivity contribution >= 4 is 46.7 Å². The van der Waals surface area contributed by atoms with Gasteiger partial charge in [0.15, 0.2) is 5.11 Å². The maximum atomic E-state index is 13.0. The van der Waals surface area contributed by atoms with Crippen LogP contribution in [0.15, 0.2) is 48.5 Å². The number of nitrogens with zero attached hydrogens (tertiary/aromatic N) is 2. The predicted molar refractivity (Wildman–Crippen MR) is 112 cm³/mol. The average Bonchev–Trinajstić information content (AvgIpc) is 3.28. The number of benzene rings is 2. The van der Waals surface area contributed by atoms with E-state index in [1.807, 2.05) is 41.3 Å². The molecular formula is C20H18N2O4S2. The molecule has 0 unspecified atom stereocenters. The minimum absolute atomic E-state index is 0.0173. The predicted octanol–water partition coefficient (Wildman–Crippen LogP) is 3.23. The summed E-state index contributed by atoms with van der Waals surface area (Å²) in [4.78, 5) is 28.2. The molecule has 2 aliphatic rings. The van der Waals surface area contributed by atoms with E-state index in [1.165, 1.54) is 7.11 Å². The number of rotatable bonds is 4. The van der Waals surface area contributed by atoms with Crippen LogP contribution in [0.25, 0.3) is 0 Å². The van der Waals surface area contributed by atoms with Gasteiger partial charge in [0, 0.05) is 5.75 Å². The standard InChI is InChI=1S/C20H18N2O4S2/c1-25-15-9-7-14(8-10-15)21-17(23)16-11-28-18(22(16)20(21)27)12-3-5-13(6-4-12)19(24)26-2/h3-10,16,18H,11H2,1-2H3/t16-,18-/m1/s1. The Bertz CT molecular complexity index is 930. The monoisotopic (exact) mass is 414 g/mol. The lowest BCUT2D eigenvalue weighted by Gasteiger charge is -2.25. The molecule has 2 heterocycles. The van der Waals surface area contributed by atoms with Crippen molar-refractivity contribution in [1.82, 2.24) is 4.90 Å². The minimum Gasteiger partial charge on any atom is -0.497 e. The average molecular weight is 415 g/mol. The zero-order valence-electron chi connectivity index (χ0n) is 15.3. The van der Waals surface area contributed by atoms with Crippen LogP contribution in [0.2, 0.25) is 0 Å². The van der Waals surface area contributed by atoms with E-state index in [-0.39, 0.29) is 23.3 Å². The number of carbonyl (C=O) groups excluding carboxylic acids is 2. The largest absolute Gasteiger partial charge is 0.497 e. The van der Waals surface area contributed by atoms with E-state index >= 15 is 0 Å². The molecule has 2 aliphatic heterocycles. The quantitative estimate of drug-likeness (QED) is 0.562. The summed E-state index contributed by atoms with van der Waals surface area (Å²) < 4.78 is 9.93. The number of hydrogen-bond donors (Lipinski definition) is 0. The van der Waals surface area contributed by atoms with Gasteiger partial charge in [0.2, 0.25) is 0 Å². The summed E-state index contributed by atoms with van der Waals surface area (Å²) in [6, 6.07) is 14.2. The Hall–Kier alpha value is -2.58. The minimum atomic E-state index is -0.374. The lowest BCUT2D eigenvalue weighted by Crippen LogP contribution is -2.33. The molecule has 0 aliphatic carbocycles. The number of fused-ring (bicyclic) bond motifs is 1. The molecular weight excluding hydrogens is 396 g/mol. The van der Waals surface area contributed by atoms with Crippen LogP contribution >= 0.6 is 24.0 Å². The van der Waals surface area contributed by atoms with Gasteiger partial charge >= 0.3 is 5.97 Å². The van der Waals surface area contributed by atoms with E-state index in [9.17, 15) is 9.59 Å². The van der Waals surface area contributed by atoms with Crippen molar-refractivity contribution < 1.29 is 19.1 Å². The number of thioether (sulfide) groups is 1. The zero-order chi connectivity index (χ0) is 19.8. The van der Waals surface area contributed by atoms with Crippen molar-refractivity contribution in [2.24, 2.45) is 0 Å². The highest BCUT2D eigenvalue weighted by Gasteiger charge is 2.50. The molecule has 0 saturated carbocycles. The molecule has 0 bridgehead atoms. The first-order valence-electron chi connectivity index (χ1n) is 8.65. The molecule has 0 N–H and O–H groups in total. The van der Waals surface area contributed by atoms with Gasteiger partial charge in [-0.05, 0) is 54.2 Å². The number of esters is 1. The van der Waals surface area contributed by atoms with Gasteiger partial charge in [-0.15, -0.1) is 11.8 Å². The van der Waals surface area contributed by atoms with E-state index in [2.05, 4.69) is 0 Å². The Balaban J connectivity index is 1.60. The van der Waals surface area contributed by atoms with Crippen LogP contribution in [0.1, 0.15) is 21.3 Å². The fourth-order valence-corrected chi connectivity index (χ4v) is 5.34. The molecule has 144 valence electrons. The van der Waals surface area contributed by atoms with Gasteiger partial charge in [-0.2, -0.15) is 0 Å². The van der Waals surface area contributed by atoms with Gasteiger partial charge in [0.25, 0.3) is 5.91 Å². The van der Waals surface area contributed by atoms with Gasteiger partial charge in [-0.25, -0.2) is 4.79 Å². The summed E-state index contributed by atoms with van der Waals surface area (Å²) in [5.41, 5.74) is 2.22. The lowest BCUT2D eigenvalue weighted by molar-refractivity contribution is -0.119. The SMILES string of the molecule is COC(=O)c1ccc([C@H]2SC[C@@H]3C(=O)N(c4ccc(OC)cc4)C(=S)N32)cc1. The molecule has 1 amide bonds. The molecule has 0 radical (unpaired) electrons. The van der Waals surface area contributed by atoms with Crippen molar-refractivity contribution in [3.8, 4) is 5.75 Å². The number of methoxy groups -OCH3 is 2. The maximum absolute atomic E-state index is 13.0. The second-order valence-electron chi connectivity index (χ2n) is 6.38. The number of hydrogen-bond acceptors (Lipinski definition) is 6. The highest BCUT2D eigenvalue weighted by Crippen LogP contribution is 2.46. The topological polar surface area (TPSA) is 59.1 Å². The van der Waals surface area contributed by atoms with Crippen LogP contribution < -0.4 is 9.64 Å². The van der Waals surface area contributed by atoms with E-state index < -0.39 is 0 Å². The summed E-state index contributed by atoms with van der Waals surface area (Å²) >= 11 is 7.35. The van der Waals surface area contributed by atoms with Gasteiger partial charge in [0.1, 0.15) is 17.2 Å². The normalized spacial score (nSPS) is 21.1. The third-order valence-electron chi connectivity index (χ3n) is 4.87. The third-order valence-corrected chi connectivity index (χ3v) is 6.58. The molecule has 2 aromatic rings. The molecule has 8 heteroatoms. The number of anilines is 1. The van der Waals surface area contributed by atoms with Gasteiger partial charge in [-0.1, -0.05) is 12.1 Å². The van der Waals surface area contributed by atoms with Crippen molar-refractivity contribution in [1.29, 1.82) is 0 Å². The molecule has 4 rings (SSSR count). The molecule has 28 heavy (non-hydrogen) atoms. The van der Waals surface area contributed by atoms with E-state index in [0.717, 1.165) is 17.0 Å². The molecule has 6 nitrogen and oxygen atoms in total. The van der Waals surface area contributed by atoms with Crippen molar-refractivity contribution in [3.05, 3.63) is 59.7 Å². The highest BCUT2D eigenvalue weighted by atomic mass is 32.2. The molecule has 2 atom stereocenters. The number of thiocarbonyl (C=S) groups is 1. The van der Waals surface area contributed by atoms with Crippen molar-refractivity contribution in [2.75, 3.05) is 24.9 Å². The van der Waals surface area contributed by atoms with Gasteiger partial charge in [0.05, 0.1) is 25.5 Å². The van der Waals surface area contributed by atoms with E-state index in [4.69, 9.17) is 21.7 Å². The van der Waals surface area contributed by atoms with Crippen LogP contribution in [0.3, 0.4) is 0 Å². The van der Waals surface area contributed by atoms with Crippen molar-refractivity contribution in [2.45, 2.75) is 11.4 Å². The summed E-state index contributed by atoms with van der Waals surface area (Å²) in [7, 11) is 2.96. The second kappa shape index (κ2) is 7.44. The third kappa shape index (κ3) is 3.02. The van der Waals surface area contributed by atoms with Gasteiger partial charge in [-0.3, -0.25) is 9.69 Å². The first-order chi connectivity index (χ1) is 13.5. The zero-order valence-corrected chi connectivity index (χ0v) is 17.0. The number of ether oxygens (including phenoxy) is 2. The maximum Gasteiger partial charge on any atom is 0.337 e. The Morgan fingerprint density at radius 3 is 2.39 bits per heavy atom. The summed E-state index contributed by atoms with van der Waals surface area (Å²) in [6.07, 6.45) is 0. The molecule has 2 fully saturated rings. The van der Waals surface area contributed by atoms with Gasteiger partial charge < -0.3 is 14.4 Å². The Morgan fingerprint density at radius 2 is 1.79 bits per heavy atom. The first-order valence-corrected chi connectivity index (χ1v) is 10.1. The van der Waals surface area contributed by atoms with Crippen molar-refractivity contribution in [3.63, 3.8) is 0 Å². The fourth-order valence-electron chi connectivity index (χ4n) is 3.42. The first kappa shape index (κ1) is 18.8. The lowest BCUT2D eigenvalue weighted by atomic mass is 10.1. The molecule has 2 saturated heterocycles. The smallest absolute Gasteiger partial charge is 0.337 e. The summed E-state index contributed by atoms with van der Waals surface area (Å²) in [5.74, 6) is 0.994.